The van der Waals surface area contributed by atoms with Crippen LogP contribution >= 0.6 is 0 Å². The van der Waals surface area contributed by atoms with Gasteiger partial charge in [0, 0.05) is 13.1 Å². The van der Waals surface area contributed by atoms with Crippen LogP contribution in [-0.4, -0.2) is 15.0 Å². The molecule has 0 aromatic heterocycles. The lowest BCUT2D eigenvalue weighted by atomic mass is 9.89. The highest BCUT2D eigenvalue weighted by molar-refractivity contribution is 7.89. The van der Waals surface area contributed by atoms with Gasteiger partial charge < -0.3 is 5.73 Å². The molecule has 4 nitrogen and oxygen atoms in total. The van der Waals surface area contributed by atoms with Crippen molar-refractivity contribution in [1.82, 2.24) is 4.72 Å². The van der Waals surface area contributed by atoms with Crippen LogP contribution in [0.15, 0.2) is 29.2 Å². The predicted octanol–water partition coefficient (Wildman–Crippen LogP) is 1.86. The topological polar surface area (TPSA) is 72.2 Å². The van der Waals surface area contributed by atoms with Crippen LogP contribution in [0.4, 0.5) is 0 Å². The fourth-order valence-electron chi connectivity index (χ4n) is 3.86. The third-order valence-corrected chi connectivity index (χ3v) is 6.43. The first-order valence-electron chi connectivity index (χ1n) is 7.38. The van der Waals surface area contributed by atoms with Gasteiger partial charge in [0.25, 0.3) is 0 Å². The van der Waals surface area contributed by atoms with E-state index in [2.05, 4.69) is 4.72 Å². The summed E-state index contributed by atoms with van der Waals surface area (Å²) in [6.45, 7) is 0.813. The Balaban J connectivity index is 1.69. The fraction of sp³-hybridized carbons (Fsp3) is 0.600. The van der Waals surface area contributed by atoms with Crippen LogP contribution in [0.5, 0.6) is 0 Å². The molecule has 0 amide bonds. The summed E-state index contributed by atoms with van der Waals surface area (Å²) in [6, 6.07) is 6.96. The zero-order valence-corrected chi connectivity index (χ0v) is 12.4. The van der Waals surface area contributed by atoms with E-state index in [1.165, 1.54) is 25.7 Å². The standard InChI is InChI=1S/C15H22N2O2S/c16-9-13-3-1-2-4-15(13)20(18,19)17-10-14-8-11-5-6-12(14)7-11/h1-4,11-12,14,17H,5-10,16H2. The van der Waals surface area contributed by atoms with Gasteiger partial charge in [-0.15, -0.1) is 0 Å². The molecule has 110 valence electrons. The predicted molar refractivity (Wildman–Crippen MR) is 78.5 cm³/mol. The fourth-order valence-corrected chi connectivity index (χ4v) is 5.20. The van der Waals surface area contributed by atoms with Crippen molar-refractivity contribution in [1.29, 1.82) is 0 Å². The Kier molecular flexibility index (Phi) is 3.84. The molecule has 0 aliphatic heterocycles. The van der Waals surface area contributed by atoms with Crippen LogP contribution in [0.25, 0.3) is 0 Å². The molecule has 0 saturated heterocycles. The summed E-state index contributed by atoms with van der Waals surface area (Å²) in [4.78, 5) is 0.325. The number of hydrogen-bond donors (Lipinski definition) is 2. The second-order valence-corrected chi connectivity index (χ2v) is 7.83. The van der Waals surface area contributed by atoms with Crippen LogP contribution in [0.3, 0.4) is 0 Å². The highest BCUT2D eigenvalue weighted by atomic mass is 32.2. The van der Waals surface area contributed by atoms with Crippen molar-refractivity contribution >= 4 is 10.0 Å². The molecule has 2 saturated carbocycles. The number of sulfonamides is 1. The Morgan fingerprint density at radius 3 is 2.65 bits per heavy atom. The molecule has 2 fully saturated rings. The van der Waals surface area contributed by atoms with Crippen LogP contribution in [0.1, 0.15) is 31.2 Å². The average Bonchev–Trinajstić information content (AvgIpc) is 3.07. The average molecular weight is 294 g/mol. The number of rotatable bonds is 5. The van der Waals surface area contributed by atoms with Crippen LogP contribution in [-0.2, 0) is 16.6 Å². The minimum atomic E-state index is -3.44. The van der Waals surface area contributed by atoms with Crippen molar-refractivity contribution in [3.05, 3.63) is 29.8 Å². The number of hydrogen-bond acceptors (Lipinski definition) is 3. The maximum Gasteiger partial charge on any atom is 0.240 e. The van der Waals surface area contributed by atoms with Crippen molar-refractivity contribution in [3.8, 4) is 0 Å². The molecule has 3 atom stereocenters. The summed E-state index contributed by atoms with van der Waals surface area (Å²) in [5, 5.41) is 0. The van der Waals surface area contributed by atoms with Gasteiger partial charge in [0.2, 0.25) is 10.0 Å². The minimum absolute atomic E-state index is 0.241. The molecule has 0 heterocycles. The summed E-state index contributed by atoms with van der Waals surface area (Å²) in [5.41, 5.74) is 6.30. The van der Waals surface area contributed by atoms with E-state index >= 15 is 0 Å². The first kappa shape index (κ1) is 14.0. The van der Waals surface area contributed by atoms with Gasteiger partial charge in [0.1, 0.15) is 0 Å². The van der Waals surface area contributed by atoms with Gasteiger partial charge in [-0.2, -0.15) is 0 Å². The van der Waals surface area contributed by atoms with Crippen molar-refractivity contribution in [2.75, 3.05) is 6.54 Å². The summed E-state index contributed by atoms with van der Waals surface area (Å²) >= 11 is 0. The van der Waals surface area contributed by atoms with Gasteiger partial charge in [0.15, 0.2) is 0 Å². The maximum absolute atomic E-state index is 12.4. The molecule has 3 rings (SSSR count). The maximum atomic E-state index is 12.4. The normalized spacial score (nSPS) is 28.9. The zero-order valence-electron chi connectivity index (χ0n) is 11.6. The first-order chi connectivity index (χ1) is 9.60. The lowest BCUT2D eigenvalue weighted by molar-refractivity contribution is 0.333. The quantitative estimate of drug-likeness (QED) is 0.870. The minimum Gasteiger partial charge on any atom is -0.326 e. The molecular formula is C15H22N2O2S. The zero-order chi connectivity index (χ0) is 14.2. The van der Waals surface area contributed by atoms with Crippen LogP contribution in [0, 0.1) is 17.8 Å². The molecular weight excluding hydrogens is 272 g/mol. The molecule has 0 radical (unpaired) electrons. The second kappa shape index (κ2) is 5.47. The van der Waals surface area contributed by atoms with Crippen molar-refractivity contribution in [3.63, 3.8) is 0 Å². The van der Waals surface area contributed by atoms with Gasteiger partial charge in [-0.25, -0.2) is 13.1 Å². The molecule has 20 heavy (non-hydrogen) atoms. The van der Waals surface area contributed by atoms with Gasteiger partial charge in [-0.1, -0.05) is 24.6 Å². The Labute approximate surface area is 120 Å². The Bertz CT molecular complexity index is 585. The summed E-state index contributed by atoms with van der Waals surface area (Å²) in [5.74, 6) is 2.09. The van der Waals surface area contributed by atoms with Crippen molar-refractivity contribution in [2.45, 2.75) is 37.1 Å². The largest absolute Gasteiger partial charge is 0.326 e. The molecule has 2 aliphatic rings. The third-order valence-electron chi connectivity index (χ3n) is 4.90. The highest BCUT2D eigenvalue weighted by Gasteiger charge is 2.39. The molecule has 2 aliphatic carbocycles. The third kappa shape index (κ3) is 2.62. The Morgan fingerprint density at radius 2 is 2.00 bits per heavy atom. The van der Waals surface area contributed by atoms with Crippen molar-refractivity contribution < 1.29 is 8.42 Å². The van der Waals surface area contributed by atoms with E-state index in [1.54, 1.807) is 18.2 Å². The summed E-state index contributed by atoms with van der Waals surface area (Å²) in [7, 11) is -3.44. The van der Waals surface area contributed by atoms with Gasteiger partial charge in [-0.3, -0.25) is 0 Å². The monoisotopic (exact) mass is 294 g/mol. The molecule has 5 heteroatoms. The van der Waals surface area contributed by atoms with E-state index in [4.69, 9.17) is 5.73 Å². The Morgan fingerprint density at radius 1 is 1.20 bits per heavy atom. The molecule has 1 aromatic carbocycles. The smallest absolute Gasteiger partial charge is 0.240 e. The lowest BCUT2D eigenvalue weighted by Gasteiger charge is -2.22. The lowest BCUT2D eigenvalue weighted by Crippen LogP contribution is -2.32. The van der Waals surface area contributed by atoms with Crippen molar-refractivity contribution in [2.24, 2.45) is 23.5 Å². The van der Waals surface area contributed by atoms with E-state index in [-0.39, 0.29) is 6.54 Å². The van der Waals surface area contributed by atoms with Crippen LogP contribution in [0.2, 0.25) is 0 Å². The summed E-state index contributed by atoms with van der Waals surface area (Å²) in [6.07, 6.45) is 5.10. The molecule has 2 bridgehead atoms. The van der Waals surface area contributed by atoms with Gasteiger partial charge in [0.05, 0.1) is 4.90 Å². The van der Waals surface area contributed by atoms with E-state index in [0.29, 0.717) is 22.9 Å². The molecule has 3 unspecified atom stereocenters. The SMILES string of the molecule is NCc1ccccc1S(=O)(=O)NCC1CC2CCC1C2. The number of nitrogens with one attached hydrogen (secondary N) is 1. The van der Waals surface area contributed by atoms with Gasteiger partial charge >= 0.3 is 0 Å². The van der Waals surface area contributed by atoms with E-state index in [0.717, 1.165) is 11.8 Å². The first-order valence-corrected chi connectivity index (χ1v) is 8.86. The summed E-state index contributed by atoms with van der Waals surface area (Å²) < 4.78 is 27.6. The number of nitrogens with two attached hydrogens (primary N) is 1. The van der Waals surface area contributed by atoms with Crippen LogP contribution < -0.4 is 10.5 Å². The van der Waals surface area contributed by atoms with E-state index < -0.39 is 10.0 Å². The molecule has 1 aromatic rings. The number of fused-ring (bicyclic) bond motifs is 2. The molecule has 0 spiro atoms. The van der Waals surface area contributed by atoms with E-state index in [1.807, 2.05) is 6.07 Å². The number of benzene rings is 1. The van der Waals surface area contributed by atoms with E-state index in [9.17, 15) is 8.42 Å². The Hall–Kier alpha value is -0.910. The van der Waals surface area contributed by atoms with Gasteiger partial charge in [-0.05, 0) is 48.6 Å². The highest BCUT2D eigenvalue weighted by Crippen LogP contribution is 2.48. The molecule has 3 N–H and O–H groups in total. The second-order valence-electron chi connectivity index (χ2n) is 6.10.